The Morgan fingerprint density at radius 1 is 1.17 bits per heavy atom. The Kier molecular flexibility index (Phi) is 9.17. The monoisotopic (exact) mass is 512 g/mol. The summed E-state index contributed by atoms with van der Waals surface area (Å²) in [7, 11) is 1.69. The first-order chi connectivity index (χ1) is 13.7. The second kappa shape index (κ2) is 11.6. The van der Waals surface area contributed by atoms with Gasteiger partial charge in [-0.2, -0.15) is 0 Å². The first-order valence-electron chi connectivity index (χ1n) is 9.39. The highest BCUT2D eigenvalue weighted by molar-refractivity contribution is 14.0. The molecule has 0 radical (unpaired) electrons. The number of rotatable bonds is 7. The third-order valence-electron chi connectivity index (χ3n) is 4.50. The van der Waals surface area contributed by atoms with E-state index >= 15 is 0 Å². The van der Waals surface area contributed by atoms with E-state index in [-0.39, 0.29) is 35.7 Å². The van der Waals surface area contributed by atoms with E-state index < -0.39 is 0 Å². The van der Waals surface area contributed by atoms with Gasteiger partial charge in [0, 0.05) is 25.7 Å². The Balaban J connectivity index is 0.00000300. The number of nitrogens with zero attached hydrogens (tertiary/aromatic N) is 1. The summed E-state index contributed by atoms with van der Waals surface area (Å²) < 4.78 is 19.4. The third kappa shape index (κ3) is 6.88. The lowest BCUT2D eigenvalue weighted by atomic mass is 10.0. The molecule has 0 aromatic heterocycles. The fourth-order valence-corrected chi connectivity index (χ4v) is 3.03. The largest absolute Gasteiger partial charge is 0.492 e. The lowest BCUT2D eigenvalue weighted by Gasteiger charge is -2.18. The van der Waals surface area contributed by atoms with Crippen molar-refractivity contribution in [1.82, 2.24) is 10.6 Å². The highest BCUT2D eigenvalue weighted by Gasteiger charge is 2.14. The highest BCUT2D eigenvalue weighted by atomic mass is 127. The van der Waals surface area contributed by atoms with E-state index in [1.807, 2.05) is 24.3 Å². The van der Waals surface area contributed by atoms with Crippen LogP contribution in [-0.2, 0) is 17.6 Å². The van der Waals surface area contributed by atoms with Gasteiger partial charge in [-0.3, -0.25) is 9.79 Å². The molecule has 0 spiro atoms. The van der Waals surface area contributed by atoms with Crippen molar-refractivity contribution < 1.29 is 13.9 Å². The molecule has 2 aromatic rings. The van der Waals surface area contributed by atoms with E-state index in [9.17, 15) is 9.18 Å². The number of carbonyl (C=O) groups is 1. The SMILES string of the molecule is CN=C(NCCOc1ccc2c(c1)CCC(=O)N2)NCCc1ccccc1F.I. The van der Waals surface area contributed by atoms with Crippen molar-refractivity contribution in [3.8, 4) is 5.75 Å². The van der Waals surface area contributed by atoms with Gasteiger partial charge in [-0.25, -0.2) is 4.39 Å². The molecule has 3 rings (SSSR count). The van der Waals surface area contributed by atoms with Crippen LogP contribution in [0.4, 0.5) is 10.1 Å². The lowest BCUT2D eigenvalue weighted by Crippen LogP contribution is -2.40. The van der Waals surface area contributed by atoms with Crippen LogP contribution in [0.25, 0.3) is 0 Å². The smallest absolute Gasteiger partial charge is 0.224 e. The molecule has 0 bridgehead atoms. The van der Waals surface area contributed by atoms with E-state index in [1.165, 1.54) is 6.07 Å². The van der Waals surface area contributed by atoms with Gasteiger partial charge in [0.15, 0.2) is 5.96 Å². The standard InChI is InChI=1S/C21H25FN4O2.HI/c1-23-21(24-11-10-15-4-2-3-5-18(15)22)25-12-13-28-17-7-8-19-16(14-17)6-9-20(27)26-19;/h2-5,7-8,14H,6,9-13H2,1H3,(H,26,27)(H2,23,24,25);1H. The van der Waals surface area contributed by atoms with Crippen molar-refractivity contribution in [2.45, 2.75) is 19.3 Å². The number of aryl methyl sites for hydroxylation is 1. The predicted molar refractivity (Wildman–Crippen MR) is 124 cm³/mol. The van der Waals surface area contributed by atoms with Gasteiger partial charge in [0.25, 0.3) is 0 Å². The third-order valence-corrected chi connectivity index (χ3v) is 4.50. The van der Waals surface area contributed by atoms with Gasteiger partial charge in [-0.15, -0.1) is 24.0 Å². The van der Waals surface area contributed by atoms with Gasteiger partial charge >= 0.3 is 0 Å². The van der Waals surface area contributed by atoms with E-state index in [1.54, 1.807) is 19.2 Å². The van der Waals surface area contributed by atoms with Gasteiger partial charge in [-0.05, 0) is 48.2 Å². The summed E-state index contributed by atoms with van der Waals surface area (Å²) in [6.45, 7) is 1.63. The maximum absolute atomic E-state index is 13.6. The van der Waals surface area contributed by atoms with Crippen molar-refractivity contribution in [3.63, 3.8) is 0 Å². The normalized spacial score (nSPS) is 13.0. The highest BCUT2D eigenvalue weighted by Crippen LogP contribution is 2.26. The van der Waals surface area contributed by atoms with Gasteiger partial charge in [-0.1, -0.05) is 18.2 Å². The molecule has 6 nitrogen and oxygen atoms in total. The van der Waals surface area contributed by atoms with Gasteiger partial charge in [0.2, 0.25) is 5.91 Å². The average Bonchev–Trinajstić information content (AvgIpc) is 2.71. The zero-order valence-electron chi connectivity index (χ0n) is 16.3. The number of amides is 1. The molecular weight excluding hydrogens is 486 g/mol. The number of carbonyl (C=O) groups excluding carboxylic acids is 1. The van der Waals surface area contributed by atoms with Crippen LogP contribution in [-0.4, -0.2) is 38.6 Å². The van der Waals surface area contributed by atoms with Crippen molar-refractivity contribution in [3.05, 3.63) is 59.4 Å². The quantitative estimate of drug-likeness (QED) is 0.231. The minimum Gasteiger partial charge on any atom is -0.492 e. The summed E-state index contributed by atoms with van der Waals surface area (Å²) >= 11 is 0. The van der Waals surface area contributed by atoms with Crippen molar-refractivity contribution in [2.75, 3.05) is 32.1 Å². The fraction of sp³-hybridized carbons (Fsp3) is 0.333. The molecule has 1 heterocycles. The maximum atomic E-state index is 13.6. The lowest BCUT2D eigenvalue weighted by molar-refractivity contribution is -0.116. The van der Waals surface area contributed by atoms with Crippen LogP contribution in [0.2, 0.25) is 0 Å². The van der Waals surface area contributed by atoms with Gasteiger partial charge in [0.1, 0.15) is 18.2 Å². The number of fused-ring (bicyclic) bond motifs is 1. The first-order valence-corrected chi connectivity index (χ1v) is 9.39. The maximum Gasteiger partial charge on any atom is 0.224 e. The topological polar surface area (TPSA) is 74.8 Å². The number of hydrogen-bond donors (Lipinski definition) is 3. The molecule has 0 saturated carbocycles. The zero-order valence-corrected chi connectivity index (χ0v) is 18.7. The summed E-state index contributed by atoms with van der Waals surface area (Å²) in [6, 6.07) is 12.5. The average molecular weight is 512 g/mol. The minimum absolute atomic E-state index is 0. The molecule has 156 valence electrons. The van der Waals surface area contributed by atoms with Crippen LogP contribution in [0.3, 0.4) is 0 Å². The molecule has 3 N–H and O–H groups in total. The van der Waals surface area contributed by atoms with E-state index in [0.717, 1.165) is 23.4 Å². The molecule has 2 aromatic carbocycles. The van der Waals surface area contributed by atoms with Crippen molar-refractivity contribution >= 4 is 41.5 Å². The molecule has 29 heavy (non-hydrogen) atoms. The summed E-state index contributed by atoms with van der Waals surface area (Å²) in [5, 5.41) is 9.19. The summed E-state index contributed by atoms with van der Waals surface area (Å²) in [5.41, 5.74) is 2.63. The molecule has 0 unspecified atom stereocenters. The number of anilines is 1. The Hall–Kier alpha value is -2.36. The van der Waals surface area contributed by atoms with Crippen LogP contribution < -0.4 is 20.7 Å². The number of benzene rings is 2. The summed E-state index contributed by atoms with van der Waals surface area (Å²) in [4.78, 5) is 15.6. The number of aliphatic imine (C=N–C) groups is 1. The Labute approximate surface area is 187 Å². The van der Waals surface area contributed by atoms with Gasteiger partial charge < -0.3 is 20.7 Å². The van der Waals surface area contributed by atoms with Crippen molar-refractivity contribution in [1.29, 1.82) is 0 Å². The fourth-order valence-electron chi connectivity index (χ4n) is 3.03. The number of guanidine groups is 1. The number of hydrogen-bond acceptors (Lipinski definition) is 3. The number of nitrogens with one attached hydrogen (secondary N) is 3. The van der Waals surface area contributed by atoms with Crippen LogP contribution in [0.1, 0.15) is 17.5 Å². The summed E-state index contributed by atoms with van der Waals surface area (Å²) in [6.07, 6.45) is 1.82. The van der Waals surface area contributed by atoms with Crippen LogP contribution in [0, 0.1) is 5.82 Å². The first kappa shape index (κ1) is 22.9. The molecule has 1 aliphatic heterocycles. The molecule has 1 aliphatic rings. The van der Waals surface area contributed by atoms with Crippen molar-refractivity contribution in [2.24, 2.45) is 4.99 Å². The molecular formula is C21H26FIN4O2. The Bertz CT molecular complexity index is 860. The molecule has 0 atom stereocenters. The molecule has 0 saturated heterocycles. The number of halogens is 2. The minimum atomic E-state index is -0.190. The van der Waals surface area contributed by atoms with Crippen LogP contribution in [0.15, 0.2) is 47.5 Å². The van der Waals surface area contributed by atoms with Gasteiger partial charge in [0.05, 0.1) is 6.54 Å². The molecule has 0 aliphatic carbocycles. The molecule has 0 fully saturated rings. The molecule has 1 amide bonds. The Morgan fingerprint density at radius 2 is 1.97 bits per heavy atom. The summed E-state index contributed by atoms with van der Waals surface area (Å²) in [5.74, 6) is 1.29. The van der Waals surface area contributed by atoms with Crippen LogP contribution in [0.5, 0.6) is 5.75 Å². The van der Waals surface area contributed by atoms with Crippen LogP contribution >= 0.6 is 24.0 Å². The second-order valence-corrected chi connectivity index (χ2v) is 6.48. The van der Waals surface area contributed by atoms with E-state index in [4.69, 9.17) is 4.74 Å². The second-order valence-electron chi connectivity index (χ2n) is 6.48. The van der Waals surface area contributed by atoms with E-state index in [0.29, 0.717) is 44.1 Å². The Morgan fingerprint density at radius 3 is 2.76 bits per heavy atom. The predicted octanol–water partition coefficient (Wildman–Crippen LogP) is 3.11. The molecule has 8 heteroatoms. The zero-order chi connectivity index (χ0) is 19.8. The van der Waals surface area contributed by atoms with E-state index in [2.05, 4.69) is 20.9 Å². The number of ether oxygens (including phenoxy) is 1.